The molecule has 2 heterocycles. The van der Waals surface area contributed by atoms with Crippen LogP contribution in [0.2, 0.25) is 0 Å². The zero-order chi connectivity index (χ0) is 19.8. The van der Waals surface area contributed by atoms with Gasteiger partial charge in [0.15, 0.2) is 11.5 Å². The Bertz CT molecular complexity index is 1040. The Hall–Kier alpha value is -2.66. The van der Waals surface area contributed by atoms with Gasteiger partial charge in [-0.3, -0.25) is 4.79 Å². The van der Waals surface area contributed by atoms with Crippen LogP contribution < -0.4 is 5.32 Å². The Labute approximate surface area is 171 Å². The smallest absolute Gasteiger partial charge is 0.251 e. The maximum atomic E-state index is 12.6. The quantitative estimate of drug-likeness (QED) is 0.685. The first-order chi connectivity index (χ1) is 14.2. The first-order valence-electron chi connectivity index (χ1n) is 10.6. The van der Waals surface area contributed by atoms with E-state index in [1.807, 2.05) is 18.2 Å². The minimum Gasteiger partial charge on any atom is -0.440 e. The molecule has 1 aromatic heterocycles. The van der Waals surface area contributed by atoms with E-state index in [1.54, 1.807) is 0 Å². The minimum absolute atomic E-state index is 0.0501. The zero-order valence-corrected chi connectivity index (χ0v) is 16.9. The molecular weight excluding hydrogens is 362 g/mol. The fraction of sp³-hybridized carbons (Fsp3) is 0.417. The molecule has 2 fully saturated rings. The van der Waals surface area contributed by atoms with Crippen molar-refractivity contribution in [2.75, 3.05) is 26.2 Å². The number of oxazole rings is 1. The van der Waals surface area contributed by atoms with Crippen LogP contribution in [0.15, 0.2) is 46.9 Å². The molecule has 1 saturated heterocycles. The number of benzene rings is 2. The Balaban J connectivity index is 1.14. The van der Waals surface area contributed by atoms with Crippen LogP contribution in [0.1, 0.15) is 58.5 Å². The number of hydrogen-bond acceptors (Lipinski definition) is 4. The third-order valence-electron chi connectivity index (χ3n) is 6.21. The molecule has 5 rings (SSSR count). The monoisotopic (exact) mass is 389 g/mol. The van der Waals surface area contributed by atoms with Crippen LogP contribution in [0.4, 0.5) is 0 Å². The average Bonchev–Trinajstić information content (AvgIpc) is 3.32. The van der Waals surface area contributed by atoms with Crippen molar-refractivity contribution in [2.45, 2.75) is 38.0 Å². The highest BCUT2D eigenvalue weighted by atomic mass is 16.3. The molecule has 0 spiro atoms. The number of fused-ring (bicyclic) bond motifs is 1. The van der Waals surface area contributed by atoms with Gasteiger partial charge in [-0.25, -0.2) is 4.98 Å². The summed E-state index contributed by atoms with van der Waals surface area (Å²) in [5, 5.41) is 3.06. The number of nitrogens with one attached hydrogen (secondary N) is 1. The number of carbonyl (C=O) groups excluding carboxylic acids is 1. The first-order valence-corrected chi connectivity index (χ1v) is 10.6. The molecule has 1 aliphatic heterocycles. The SMILES string of the molecule is Cc1ccccc1C1CCN(CCNC(=O)c2ccc3nc(C4CC4)oc3c2)C1. The van der Waals surface area contributed by atoms with Crippen molar-refractivity contribution in [2.24, 2.45) is 0 Å². The van der Waals surface area contributed by atoms with Crippen LogP contribution in [0.25, 0.3) is 11.1 Å². The van der Waals surface area contributed by atoms with E-state index < -0.39 is 0 Å². The summed E-state index contributed by atoms with van der Waals surface area (Å²) in [6.45, 7) is 5.88. The summed E-state index contributed by atoms with van der Waals surface area (Å²) in [6.07, 6.45) is 3.49. The Morgan fingerprint density at radius 1 is 1.17 bits per heavy atom. The molecule has 29 heavy (non-hydrogen) atoms. The predicted octanol–water partition coefficient (Wildman–Crippen LogP) is 4.23. The van der Waals surface area contributed by atoms with Crippen molar-refractivity contribution >= 4 is 17.0 Å². The molecule has 1 atom stereocenters. The molecule has 5 nitrogen and oxygen atoms in total. The molecule has 5 heteroatoms. The predicted molar refractivity (Wildman–Crippen MR) is 113 cm³/mol. The van der Waals surface area contributed by atoms with E-state index in [0.717, 1.165) is 43.9 Å². The molecule has 2 aromatic carbocycles. The number of rotatable bonds is 6. The summed E-state index contributed by atoms with van der Waals surface area (Å²) >= 11 is 0. The van der Waals surface area contributed by atoms with E-state index in [9.17, 15) is 4.79 Å². The summed E-state index contributed by atoms with van der Waals surface area (Å²) in [5.41, 5.74) is 5.02. The van der Waals surface area contributed by atoms with Crippen molar-refractivity contribution in [3.05, 3.63) is 65.0 Å². The van der Waals surface area contributed by atoms with E-state index in [4.69, 9.17) is 4.42 Å². The van der Waals surface area contributed by atoms with Crippen LogP contribution in [-0.4, -0.2) is 42.0 Å². The molecule has 2 aliphatic rings. The van der Waals surface area contributed by atoms with Gasteiger partial charge in [-0.05, 0) is 68.0 Å². The summed E-state index contributed by atoms with van der Waals surface area (Å²) in [4.78, 5) is 19.5. The number of carbonyl (C=O) groups is 1. The van der Waals surface area contributed by atoms with E-state index >= 15 is 0 Å². The second-order valence-corrected chi connectivity index (χ2v) is 8.41. The standard InChI is InChI=1S/C24H27N3O2/c1-16-4-2-3-5-20(16)19-10-12-27(15-19)13-11-25-23(28)18-8-9-21-22(14-18)29-24(26-21)17-6-7-17/h2-5,8-9,14,17,19H,6-7,10-13,15H2,1H3,(H,25,28). The summed E-state index contributed by atoms with van der Waals surface area (Å²) < 4.78 is 5.83. The van der Waals surface area contributed by atoms with Gasteiger partial charge in [0.25, 0.3) is 5.91 Å². The van der Waals surface area contributed by atoms with Crippen LogP contribution in [-0.2, 0) is 0 Å². The van der Waals surface area contributed by atoms with Crippen molar-refractivity contribution in [3.8, 4) is 0 Å². The first kappa shape index (κ1) is 18.4. The maximum Gasteiger partial charge on any atom is 0.251 e. The molecule has 0 radical (unpaired) electrons. The highest BCUT2D eigenvalue weighted by Gasteiger charge is 2.29. The Morgan fingerprint density at radius 2 is 2.03 bits per heavy atom. The lowest BCUT2D eigenvalue weighted by Gasteiger charge is -2.17. The summed E-state index contributed by atoms with van der Waals surface area (Å²) in [5.74, 6) is 1.84. The largest absolute Gasteiger partial charge is 0.440 e. The maximum absolute atomic E-state index is 12.6. The molecule has 150 valence electrons. The minimum atomic E-state index is -0.0501. The highest BCUT2D eigenvalue weighted by Crippen LogP contribution is 2.40. The summed E-state index contributed by atoms with van der Waals surface area (Å²) in [7, 11) is 0. The lowest BCUT2D eigenvalue weighted by atomic mass is 9.94. The van der Waals surface area contributed by atoms with Gasteiger partial charge in [0.05, 0.1) is 0 Å². The van der Waals surface area contributed by atoms with E-state index in [-0.39, 0.29) is 5.91 Å². The van der Waals surface area contributed by atoms with Crippen LogP contribution in [0.3, 0.4) is 0 Å². The Morgan fingerprint density at radius 3 is 2.86 bits per heavy atom. The van der Waals surface area contributed by atoms with E-state index in [1.165, 1.54) is 17.5 Å². The van der Waals surface area contributed by atoms with E-state index in [2.05, 4.69) is 46.4 Å². The number of aromatic nitrogens is 1. The molecular formula is C24H27N3O2. The number of nitrogens with zero attached hydrogens (tertiary/aromatic N) is 2. The van der Waals surface area contributed by atoms with Gasteiger partial charge in [-0.1, -0.05) is 24.3 Å². The summed E-state index contributed by atoms with van der Waals surface area (Å²) in [6, 6.07) is 14.2. The molecule has 3 aromatic rings. The van der Waals surface area contributed by atoms with Crippen LogP contribution in [0.5, 0.6) is 0 Å². The normalized spacial score (nSPS) is 19.7. The molecule has 1 aliphatic carbocycles. The van der Waals surface area contributed by atoms with Gasteiger partial charge < -0.3 is 14.6 Å². The highest BCUT2D eigenvalue weighted by molar-refractivity contribution is 5.97. The third kappa shape index (κ3) is 3.92. The number of aryl methyl sites for hydroxylation is 1. The van der Waals surface area contributed by atoms with Gasteiger partial charge in [0.1, 0.15) is 5.52 Å². The average molecular weight is 389 g/mol. The molecule has 1 unspecified atom stereocenters. The van der Waals surface area contributed by atoms with Crippen molar-refractivity contribution < 1.29 is 9.21 Å². The topological polar surface area (TPSA) is 58.4 Å². The molecule has 1 saturated carbocycles. The van der Waals surface area contributed by atoms with Crippen LogP contribution >= 0.6 is 0 Å². The van der Waals surface area contributed by atoms with Gasteiger partial charge in [0, 0.05) is 31.1 Å². The fourth-order valence-electron chi connectivity index (χ4n) is 4.35. The van der Waals surface area contributed by atoms with Crippen molar-refractivity contribution in [3.63, 3.8) is 0 Å². The third-order valence-corrected chi connectivity index (χ3v) is 6.21. The molecule has 1 amide bonds. The Kier molecular flexibility index (Phi) is 4.84. The van der Waals surface area contributed by atoms with Gasteiger partial charge in [-0.2, -0.15) is 0 Å². The van der Waals surface area contributed by atoms with Crippen LogP contribution in [0, 0.1) is 6.92 Å². The number of likely N-dealkylation sites (tertiary alicyclic amines) is 1. The van der Waals surface area contributed by atoms with Crippen molar-refractivity contribution in [1.29, 1.82) is 0 Å². The fourth-order valence-corrected chi connectivity index (χ4v) is 4.35. The molecule has 1 N–H and O–H groups in total. The van der Waals surface area contributed by atoms with Crippen molar-refractivity contribution in [1.82, 2.24) is 15.2 Å². The second-order valence-electron chi connectivity index (χ2n) is 8.41. The van der Waals surface area contributed by atoms with Gasteiger partial charge in [-0.15, -0.1) is 0 Å². The molecule has 0 bridgehead atoms. The zero-order valence-electron chi connectivity index (χ0n) is 16.9. The number of amides is 1. The van der Waals surface area contributed by atoms with Gasteiger partial charge >= 0.3 is 0 Å². The lowest BCUT2D eigenvalue weighted by molar-refractivity contribution is 0.0949. The lowest BCUT2D eigenvalue weighted by Crippen LogP contribution is -2.33. The number of hydrogen-bond donors (Lipinski definition) is 1. The van der Waals surface area contributed by atoms with E-state index in [0.29, 0.717) is 29.5 Å². The second kappa shape index (κ2) is 7.64. The van der Waals surface area contributed by atoms with Gasteiger partial charge in [0.2, 0.25) is 0 Å².